The average Bonchev–Trinajstić information content (AvgIpc) is 3.13. The molecule has 2 amide bonds. The van der Waals surface area contributed by atoms with E-state index >= 15 is 0 Å². The van der Waals surface area contributed by atoms with E-state index in [1.54, 1.807) is 12.1 Å². The molecule has 1 aliphatic carbocycles. The van der Waals surface area contributed by atoms with Crippen LogP contribution >= 0.6 is 11.6 Å². The monoisotopic (exact) mass is 400 g/mol. The number of hydrogen-bond acceptors (Lipinski definition) is 3. The van der Waals surface area contributed by atoms with Crippen molar-refractivity contribution in [1.29, 1.82) is 0 Å². The van der Waals surface area contributed by atoms with Crippen LogP contribution in [0.2, 0.25) is 5.02 Å². The maximum atomic E-state index is 12.3. The number of rotatable bonds is 8. The fourth-order valence-corrected chi connectivity index (χ4v) is 3.57. The molecular weight excluding hydrogens is 376 g/mol. The Kier molecular flexibility index (Phi) is 6.93. The molecule has 0 spiro atoms. The fraction of sp³-hybridized carbons (Fsp3) is 0.364. The number of carbonyl (C=O) groups is 2. The van der Waals surface area contributed by atoms with Crippen LogP contribution in [0.3, 0.4) is 0 Å². The lowest BCUT2D eigenvalue weighted by Crippen LogP contribution is -2.34. The number of amides is 2. The summed E-state index contributed by atoms with van der Waals surface area (Å²) in [5.74, 6) is 0.506. The molecule has 0 saturated carbocycles. The van der Waals surface area contributed by atoms with Gasteiger partial charge in [0.25, 0.3) is 0 Å². The normalized spacial score (nSPS) is 13.5. The van der Waals surface area contributed by atoms with E-state index in [2.05, 4.69) is 22.8 Å². The molecule has 0 radical (unpaired) electrons. The zero-order chi connectivity index (χ0) is 19.9. The van der Waals surface area contributed by atoms with Crippen molar-refractivity contribution in [2.45, 2.75) is 38.6 Å². The van der Waals surface area contributed by atoms with Crippen LogP contribution in [0.5, 0.6) is 5.75 Å². The first-order valence-corrected chi connectivity index (χ1v) is 9.93. The highest BCUT2D eigenvalue weighted by atomic mass is 35.5. The molecule has 1 unspecified atom stereocenters. The standard InChI is InChI=1S/C22H25ClN2O3/c1-15(26)25-21(17-5-8-19(23)9-6-17)14-22(27)24-11-12-28-20-10-7-16-3-2-4-18(16)13-20/h5-10,13,21H,2-4,11-12,14H2,1H3,(H,24,27)(H,25,26). The Morgan fingerprint density at radius 1 is 1.11 bits per heavy atom. The Labute approximate surface area is 170 Å². The minimum absolute atomic E-state index is 0.147. The van der Waals surface area contributed by atoms with Crippen LogP contribution in [-0.2, 0) is 22.4 Å². The highest BCUT2D eigenvalue weighted by Gasteiger charge is 2.17. The molecule has 148 valence electrons. The van der Waals surface area contributed by atoms with Crippen LogP contribution in [0, 0.1) is 0 Å². The van der Waals surface area contributed by atoms with Gasteiger partial charge in [-0.05, 0) is 60.2 Å². The topological polar surface area (TPSA) is 67.4 Å². The first-order chi connectivity index (χ1) is 13.5. The lowest BCUT2D eigenvalue weighted by molar-refractivity contribution is -0.122. The number of hydrogen-bond donors (Lipinski definition) is 2. The highest BCUT2D eigenvalue weighted by Crippen LogP contribution is 2.26. The second kappa shape index (κ2) is 9.60. The molecule has 5 nitrogen and oxygen atoms in total. The van der Waals surface area contributed by atoms with E-state index in [4.69, 9.17) is 16.3 Å². The van der Waals surface area contributed by atoms with Crippen LogP contribution in [-0.4, -0.2) is 25.0 Å². The molecule has 3 rings (SSSR count). The fourth-order valence-electron chi connectivity index (χ4n) is 3.45. The first kappa shape index (κ1) is 20.2. The summed E-state index contributed by atoms with van der Waals surface area (Å²) in [4.78, 5) is 23.8. The zero-order valence-electron chi connectivity index (χ0n) is 16.0. The summed E-state index contributed by atoms with van der Waals surface area (Å²) >= 11 is 5.91. The lowest BCUT2D eigenvalue weighted by atomic mass is 10.0. The van der Waals surface area contributed by atoms with Crippen molar-refractivity contribution in [3.63, 3.8) is 0 Å². The van der Waals surface area contributed by atoms with Crippen molar-refractivity contribution in [3.8, 4) is 5.75 Å². The van der Waals surface area contributed by atoms with Gasteiger partial charge in [-0.2, -0.15) is 0 Å². The number of aryl methyl sites for hydroxylation is 2. The summed E-state index contributed by atoms with van der Waals surface area (Å²) in [7, 11) is 0. The van der Waals surface area contributed by atoms with Crippen LogP contribution in [0.15, 0.2) is 42.5 Å². The molecule has 0 saturated heterocycles. The predicted molar refractivity (Wildman–Crippen MR) is 110 cm³/mol. The van der Waals surface area contributed by atoms with Crippen molar-refractivity contribution in [2.24, 2.45) is 0 Å². The second-order valence-corrected chi connectivity index (χ2v) is 7.43. The number of carbonyl (C=O) groups excluding carboxylic acids is 2. The van der Waals surface area contributed by atoms with Gasteiger partial charge in [-0.25, -0.2) is 0 Å². The van der Waals surface area contributed by atoms with E-state index in [1.807, 2.05) is 18.2 Å². The van der Waals surface area contributed by atoms with E-state index < -0.39 is 6.04 Å². The minimum atomic E-state index is -0.396. The molecule has 0 heterocycles. The van der Waals surface area contributed by atoms with Gasteiger partial charge in [-0.1, -0.05) is 29.8 Å². The summed E-state index contributed by atoms with van der Waals surface area (Å²) in [5.41, 5.74) is 3.61. The molecule has 6 heteroatoms. The summed E-state index contributed by atoms with van der Waals surface area (Å²) in [5, 5.41) is 6.27. The van der Waals surface area contributed by atoms with E-state index in [1.165, 1.54) is 24.5 Å². The quantitative estimate of drug-likeness (QED) is 0.665. The molecule has 28 heavy (non-hydrogen) atoms. The smallest absolute Gasteiger partial charge is 0.222 e. The Balaban J connectivity index is 1.46. The Bertz CT molecular complexity index is 836. The van der Waals surface area contributed by atoms with E-state index in [0.29, 0.717) is 18.2 Å². The Hall–Kier alpha value is -2.53. The lowest BCUT2D eigenvalue weighted by Gasteiger charge is -2.18. The molecule has 0 fully saturated rings. The molecule has 2 aromatic rings. The summed E-state index contributed by atoms with van der Waals surface area (Å²) in [6, 6.07) is 12.9. The number of benzene rings is 2. The second-order valence-electron chi connectivity index (χ2n) is 6.99. The summed E-state index contributed by atoms with van der Waals surface area (Å²) < 4.78 is 5.75. The van der Waals surface area contributed by atoms with Crippen molar-refractivity contribution < 1.29 is 14.3 Å². The van der Waals surface area contributed by atoms with Crippen LogP contribution in [0.4, 0.5) is 0 Å². The van der Waals surface area contributed by atoms with Crippen LogP contribution in [0.25, 0.3) is 0 Å². The number of ether oxygens (including phenoxy) is 1. The third-order valence-corrected chi connectivity index (χ3v) is 5.05. The zero-order valence-corrected chi connectivity index (χ0v) is 16.7. The van der Waals surface area contributed by atoms with Gasteiger partial charge >= 0.3 is 0 Å². The van der Waals surface area contributed by atoms with Gasteiger partial charge in [0.2, 0.25) is 11.8 Å². The molecule has 1 atom stereocenters. The van der Waals surface area contributed by atoms with Crippen molar-refractivity contribution in [1.82, 2.24) is 10.6 Å². The number of nitrogens with one attached hydrogen (secondary N) is 2. The van der Waals surface area contributed by atoms with Crippen molar-refractivity contribution in [3.05, 3.63) is 64.2 Å². The van der Waals surface area contributed by atoms with E-state index in [9.17, 15) is 9.59 Å². The van der Waals surface area contributed by atoms with Gasteiger partial charge in [0.15, 0.2) is 0 Å². The molecule has 2 aromatic carbocycles. The summed E-state index contributed by atoms with van der Waals surface area (Å²) in [6.07, 6.45) is 3.62. The molecular formula is C22H25ClN2O3. The van der Waals surface area contributed by atoms with Gasteiger partial charge in [-0.3, -0.25) is 9.59 Å². The van der Waals surface area contributed by atoms with Gasteiger partial charge < -0.3 is 15.4 Å². The SMILES string of the molecule is CC(=O)NC(CC(=O)NCCOc1ccc2c(c1)CCC2)c1ccc(Cl)cc1. The Morgan fingerprint density at radius 3 is 2.61 bits per heavy atom. The molecule has 1 aliphatic rings. The highest BCUT2D eigenvalue weighted by molar-refractivity contribution is 6.30. The molecule has 0 aliphatic heterocycles. The minimum Gasteiger partial charge on any atom is -0.492 e. The summed E-state index contributed by atoms with van der Waals surface area (Å²) in [6.45, 7) is 2.24. The van der Waals surface area contributed by atoms with E-state index in [0.717, 1.165) is 24.2 Å². The molecule has 2 N–H and O–H groups in total. The van der Waals surface area contributed by atoms with Crippen molar-refractivity contribution in [2.75, 3.05) is 13.2 Å². The largest absolute Gasteiger partial charge is 0.492 e. The van der Waals surface area contributed by atoms with Crippen LogP contribution in [0.1, 0.15) is 42.5 Å². The van der Waals surface area contributed by atoms with Gasteiger partial charge in [0.05, 0.1) is 19.0 Å². The van der Waals surface area contributed by atoms with Gasteiger partial charge in [0.1, 0.15) is 12.4 Å². The van der Waals surface area contributed by atoms with Gasteiger partial charge in [0, 0.05) is 11.9 Å². The third-order valence-electron chi connectivity index (χ3n) is 4.80. The van der Waals surface area contributed by atoms with Crippen molar-refractivity contribution >= 4 is 23.4 Å². The predicted octanol–water partition coefficient (Wildman–Crippen LogP) is 3.59. The molecule has 0 aromatic heterocycles. The third kappa shape index (κ3) is 5.73. The average molecular weight is 401 g/mol. The number of fused-ring (bicyclic) bond motifs is 1. The first-order valence-electron chi connectivity index (χ1n) is 9.55. The maximum Gasteiger partial charge on any atom is 0.222 e. The Morgan fingerprint density at radius 2 is 1.86 bits per heavy atom. The van der Waals surface area contributed by atoms with E-state index in [-0.39, 0.29) is 18.2 Å². The molecule has 0 bridgehead atoms. The van der Waals surface area contributed by atoms with Gasteiger partial charge in [-0.15, -0.1) is 0 Å². The van der Waals surface area contributed by atoms with Crippen LogP contribution < -0.4 is 15.4 Å². The maximum absolute atomic E-state index is 12.3. The number of halogens is 1.